The number of nitrogens with one attached hydrogen (secondary N) is 2. The van der Waals surface area contributed by atoms with Gasteiger partial charge < -0.3 is 20.3 Å². The topological polar surface area (TPSA) is 96.4 Å². The van der Waals surface area contributed by atoms with Gasteiger partial charge in [0.25, 0.3) is 5.91 Å². The maximum Gasteiger partial charge on any atom is 0.321 e. The summed E-state index contributed by atoms with van der Waals surface area (Å²) in [5.41, 5.74) is 0.864. The average Bonchev–Trinajstić information content (AvgIpc) is 3.30. The first-order valence-corrected chi connectivity index (χ1v) is 11.4. The van der Waals surface area contributed by atoms with Crippen LogP contribution in [0.3, 0.4) is 0 Å². The van der Waals surface area contributed by atoms with E-state index in [1.165, 1.54) is 36.6 Å². The van der Waals surface area contributed by atoms with Crippen molar-refractivity contribution >= 4 is 46.3 Å². The Balaban J connectivity index is 1.33. The maximum absolute atomic E-state index is 13.3. The van der Waals surface area contributed by atoms with Crippen LogP contribution in [-0.4, -0.2) is 47.2 Å². The van der Waals surface area contributed by atoms with Crippen molar-refractivity contribution in [3.05, 3.63) is 63.3 Å². The molecule has 0 bridgehead atoms. The van der Waals surface area contributed by atoms with Crippen molar-refractivity contribution in [3.8, 4) is 5.75 Å². The van der Waals surface area contributed by atoms with Crippen LogP contribution in [0.4, 0.5) is 20.6 Å². The van der Waals surface area contributed by atoms with Crippen LogP contribution >= 0.6 is 22.9 Å². The van der Waals surface area contributed by atoms with Gasteiger partial charge in [-0.3, -0.25) is 4.79 Å². The number of halogens is 2. The Kier molecular flexibility index (Phi) is 7.05. The van der Waals surface area contributed by atoms with Crippen molar-refractivity contribution in [3.63, 3.8) is 0 Å². The van der Waals surface area contributed by atoms with Gasteiger partial charge in [-0.15, -0.1) is 10.2 Å². The van der Waals surface area contributed by atoms with Crippen molar-refractivity contribution in [2.45, 2.75) is 18.8 Å². The molecule has 8 nitrogen and oxygen atoms in total. The molecule has 1 saturated heterocycles. The molecule has 0 aliphatic carbocycles. The second-order valence-electron chi connectivity index (χ2n) is 7.45. The Hall–Kier alpha value is -3.24. The van der Waals surface area contributed by atoms with Gasteiger partial charge in [-0.25, -0.2) is 9.18 Å². The molecule has 3 amide bonds. The number of carbonyl (C=O) groups excluding carboxylic acids is 2. The third-order valence-corrected chi connectivity index (χ3v) is 6.57. The van der Waals surface area contributed by atoms with Gasteiger partial charge in [-0.1, -0.05) is 29.0 Å². The maximum atomic E-state index is 13.3. The Bertz CT molecular complexity index is 1170. The minimum Gasteiger partial charge on any atom is -0.495 e. The fraction of sp³-hybridized carbons (Fsp3) is 0.273. The minimum atomic E-state index is -0.435. The number of nitrogens with zero attached hydrogens (tertiary/aromatic N) is 3. The molecule has 1 aromatic heterocycles. The number of piperidine rings is 1. The van der Waals surface area contributed by atoms with Crippen LogP contribution in [0.5, 0.6) is 5.75 Å². The first kappa shape index (κ1) is 22.9. The van der Waals surface area contributed by atoms with E-state index < -0.39 is 11.7 Å². The number of hydrogen-bond donors (Lipinski definition) is 2. The van der Waals surface area contributed by atoms with E-state index in [4.69, 9.17) is 16.3 Å². The Morgan fingerprint density at radius 3 is 2.67 bits per heavy atom. The molecule has 3 aromatic rings. The molecule has 0 radical (unpaired) electrons. The van der Waals surface area contributed by atoms with E-state index in [9.17, 15) is 14.0 Å². The van der Waals surface area contributed by atoms with Crippen LogP contribution in [0, 0.1) is 5.82 Å². The lowest BCUT2D eigenvalue weighted by molar-refractivity contribution is 0.102. The molecule has 0 atom stereocenters. The normalized spacial score (nSPS) is 14.1. The average molecular weight is 490 g/mol. The number of carbonyl (C=O) groups is 2. The van der Waals surface area contributed by atoms with Gasteiger partial charge in [-0.05, 0) is 49.2 Å². The summed E-state index contributed by atoms with van der Waals surface area (Å²) in [7, 11) is 1.53. The molecule has 2 N–H and O–H groups in total. The number of hydrogen-bond acceptors (Lipinski definition) is 6. The van der Waals surface area contributed by atoms with Gasteiger partial charge in [0, 0.05) is 29.7 Å². The van der Waals surface area contributed by atoms with E-state index in [0.29, 0.717) is 48.1 Å². The number of aromatic nitrogens is 2. The van der Waals surface area contributed by atoms with Crippen LogP contribution in [0.15, 0.2) is 42.5 Å². The summed E-state index contributed by atoms with van der Waals surface area (Å²) in [6.07, 6.45) is 1.39. The number of methoxy groups -OCH3 is 1. The molecule has 0 spiro atoms. The molecule has 0 saturated carbocycles. The van der Waals surface area contributed by atoms with E-state index in [-0.39, 0.29) is 17.0 Å². The first-order valence-electron chi connectivity index (χ1n) is 10.2. The molecule has 1 aliphatic heterocycles. The SMILES string of the molecule is COc1ccc(Cl)cc1NC(=O)N1CCC(c2nnc(C(=O)Nc3cccc(F)c3)s2)CC1. The summed E-state index contributed by atoms with van der Waals surface area (Å²) in [5.74, 6) is -0.240. The second-order valence-corrected chi connectivity index (χ2v) is 8.89. The summed E-state index contributed by atoms with van der Waals surface area (Å²) in [5, 5.41) is 15.1. The van der Waals surface area contributed by atoms with Crippen molar-refractivity contribution in [1.29, 1.82) is 0 Å². The lowest BCUT2D eigenvalue weighted by Gasteiger charge is -2.31. The molecular formula is C22H21ClFN5O3S. The molecular weight excluding hydrogens is 469 g/mol. The first-order chi connectivity index (χ1) is 15.9. The largest absolute Gasteiger partial charge is 0.495 e. The fourth-order valence-electron chi connectivity index (χ4n) is 3.54. The molecule has 1 fully saturated rings. The van der Waals surface area contributed by atoms with E-state index in [0.717, 1.165) is 5.01 Å². The van der Waals surface area contributed by atoms with Crippen molar-refractivity contribution in [2.24, 2.45) is 0 Å². The Morgan fingerprint density at radius 2 is 1.94 bits per heavy atom. The zero-order valence-corrected chi connectivity index (χ0v) is 19.3. The van der Waals surface area contributed by atoms with E-state index in [1.54, 1.807) is 29.2 Å². The van der Waals surface area contributed by atoms with Gasteiger partial charge in [0.2, 0.25) is 5.01 Å². The standard InChI is InChI=1S/C22H21ClFN5O3S/c1-32-18-6-5-14(23)11-17(18)26-22(31)29-9-7-13(8-10-29)20-27-28-21(33-20)19(30)25-16-4-2-3-15(24)12-16/h2-6,11-13H,7-10H2,1H3,(H,25,30)(H,26,31). The van der Waals surface area contributed by atoms with Crippen LogP contribution in [0.2, 0.25) is 5.02 Å². The zero-order chi connectivity index (χ0) is 23.4. The van der Waals surface area contributed by atoms with Crippen LogP contribution in [0.1, 0.15) is 33.6 Å². The summed E-state index contributed by atoms with van der Waals surface area (Å²) in [4.78, 5) is 26.8. The minimum absolute atomic E-state index is 0.1000. The highest BCUT2D eigenvalue weighted by atomic mass is 35.5. The molecule has 2 heterocycles. The summed E-state index contributed by atoms with van der Waals surface area (Å²) < 4.78 is 18.6. The van der Waals surface area contributed by atoms with Gasteiger partial charge in [-0.2, -0.15) is 0 Å². The van der Waals surface area contributed by atoms with Crippen molar-refractivity contribution in [1.82, 2.24) is 15.1 Å². The van der Waals surface area contributed by atoms with Crippen molar-refractivity contribution < 1.29 is 18.7 Å². The quantitative estimate of drug-likeness (QED) is 0.525. The van der Waals surface area contributed by atoms with Crippen LogP contribution < -0.4 is 15.4 Å². The van der Waals surface area contributed by atoms with E-state index in [2.05, 4.69) is 20.8 Å². The number of ether oxygens (including phenoxy) is 1. The number of rotatable bonds is 5. The molecule has 33 heavy (non-hydrogen) atoms. The fourth-order valence-corrected chi connectivity index (χ4v) is 4.62. The van der Waals surface area contributed by atoms with Gasteiger partial charge >= 0.3 is 6.03 Å². The van der Waals surface area contributed by atoms with Crippen LogP contribution in [-0.2, 0) is 0 Å². The van der Waals surface area contributed by atoms with Gasteiger partial charge in [0.1, 0.15) is 16.6 Å². The molecule has 0 unspecified atom stereocenters. The van der Waals surface area contributed by atoms with Crippen molar-refractivity contribution in [2.75, 3.05) is 30.8 Å². The van der Waals surface area contributed by atoms with Crippen LogP contribution in [0.25, 0.3) is 0 Å². The highest BCUT2D eigenvalue weighted by molar-refractivity contribution is 7.13. The molecule has 4 rings (SSSR count). The predicted molar refractivity (Wildman–Crippen MR) is 125 cm³/mol. The third kappa shape index (κ3) is 5.58. The monoisotopic (exact) mass is 489 g/mol. The zero-order valence-electron chi connectivity index (χ0n) is 17.7. The number of anilines is 2. The number of benzene rings is 2. The smallest absolute Gasteiger partial charge is 0.321 e. The lowest BCUT2D eigenvalue weighted by atomic mass is 9.98. The number of urea groups is 1. The summed E-state index contributed by atoms with van der Waals surface area (Å²) >= 11 is 7.24. The lowest BCUT2D eigenvalue weighted by Crippen LogP contribution is -2.40. The predicted octanol–water partition coefficient (Wildman–Crippen LogP) is 5.00. The Labute approximate surface area is 198 Å². The van der Waals surface area contributed by atoms with Gasteiger partial charge in [0.15, 0.2) is 0 Å². The number of likely N-dealkylation sites (tertiary alicyclic amines) is 1. The highest BCUT2D eigenvalue weighted by Gasteiger charge is 2.27. The van der Waals surface area contributed by atoms with Gasteiger partial charge in [0.05, 0.1) is 12.8 Å². The second kappa shape index (κ2) is 10.1. The molecule has 2 aromatic carbocycles. The highest BCUT2D eigenvalue weighted by Crippen LogP contribution is 2.32. The molecule has 172 valence electrons. The third-order valence-electron chi connectivity index (χ3n) is 5.25. The summed E-state index contributed by atoms with van der Waals surface area (Å²) in [6, 6.07) is 10.4. The number of amides is 3. The van der Waals surface area contributed by atoms with E-state index >= 15 is 0 Å². The molecule has 1 aliphatic rings. The summed E-state index contributed by atoms with van der Waals surface area (Å²) in [6.45, 7) is 1.06. The molecule has 11 heteroatoms. The Morgan fingerprint density at radius 1 is 1.15 bits per heavy atom. The van der Waals surface area contributed by atoms with E-state index in [1.807, 2.05) is 0 Å².